The van der Waals surface area contributed by atoms with Crippen molar-refractivity contribution in [2.75, 3.05) is 37.8 Å². The number of hydrogen-bond donors (Lipinski definition) is 1. The molecule has 1 aromatic rings. The van der Waals surface area contributed by atoms with E-state index in [-0.39, 0.29) is 5.41 Å². The molecule has 1 aliphatic rings. The lowest BCUT2D eigenvalue weighted by Crippen LogP contribution is -2.39. The van der Waals surface area contributed by atoms with Crippen LogP contribution in [0, 0.1) is 12.3 Å². The zero-order valence-electron chi connectivity index (χ0n) is 20.3. The fourth-order valence-electron chi connectivity index (χ4n) is 3.77. The first-order chi connectivity index (χ1) is 14.4. The van der Waals surface area contributed by atoms with Gasteiger partial charge in [-0.05, 0) is 58.9 Å². The minimum absolute atomic E-state index is 0.290. The molecule has 0 aromatic carbocycles. The van der Waals surface area contributed by atoms with Gasteiger partial charge in [-0.3, -0.25) is 4.98 Å². The quantitative estimate of drug-likeness (QED) is 0.540. The highest BCUT2D eigenvalue weighted by Gasteiger charge is 2.34. The standard InChI is InChI=1S/C24H40N2O5/c1-8-29-13-14-30-16-18-15-19(26-11-9-24(6,7)10-12-26)20(17(2)25-18)21(22(27)28)31-23(3,4)5/h15,21H,8-14,16H2,1-7H3,(H,27,28). The van der Waals surface area contributed by atoms with Gasteiger partial charge in [-0.2, -0.15) is 0 Å². The van der Waals surface area contributed by atoms with Crippen LogP contribution in [0.2, 0.25) is 0 Å². The summed E-state index contributed by atoms with van der Waals surface area (Å²) in [7, 11) is 0. The summed E-state index contributed by atoms with van der Waals surface area (Å²) < 4.78 is 17.0. The third kappa shape index (κ3) is 7.74. The number of piperidine rings is 1. The number of rotatable bonds is 10. The molecule has 7 nitrogen and oxygen atoms in total. The van der Waals surface area contributed by atoms with Crippen LogP contribution in [0.4, 0.5) is 5.69 Å². The predicted molar refractivity (Wildman–Crippen MR) is 122 cm³/mol. The van der Waals surface area contributed by atoms with Crippen LogP contribution in [0.1, 0.15) is 77.4 Å². The summed E-state index contributed by atoms with van der Waals surface area (Å²) in [5.74, 6) is -1.00. The number of carboxylic acids is 1. The fourth-order valence-corrected chi connectivity index (χ4v) is 3.77. The molecule has 0 bridgehead atoms. The zero-order valence-corrected chi connectivity index (χ0v) is 20.3. The number of aromatic nitrogens is 1. The number of carboxylic acid groups (broad SMARTS) is 1. The molecule has 0 amide bonds. The number of anilines is 1. The van der Waals surface area contributed by atoms with Crippen LogP contribution in [-0.4, -0.2) is 54.6 Å². The summed E-state index contributed by atoms with van der Waals surface area (Å²) in [6.45, 7) is 17.8. The average molecular weight is 437 g/mol. The molecule has 1 unspecified atom stereocenters. The van der Waals surface area contributed by atoms with E-state index in [9.17, 15) is 9.90 Å². The lowest BCUT2D eigenvalue weighted by molar-refractivity contribution is -0.160. The van der Waals surface area contributed by atoms with E-state index in [2.05, 4.69) is 23.7 Å². The Balaban J connectivity index is 2.39. The van der Waals surface area contributed by atoms with Gasteiger partial charge in [0.1, 0.15) is 0 Å². The molecular weight excluding hydrogens is 396 g/mol. The summed E-state index contributed by atoms with van der Waals surface area (Å²) in [6.07, 6.45) is 1.02. The largest absolute Gasteiger partial charge is 0.479 e. The van der Waals surface area contributed by atoms with Gasteiger partial charge in [0.25, 0.3) is 0 Å². The monoisotopic (exact) mass is 436 g/mol. The van der Waals surface area contributed by atoms with Gasteiger partial charge in [-0.25, -0.2) is 4.79 Å². The van der Waals surface area contributed by atoms with Gasteiger partial charge < -0.3 is 24.2 Å². The molecule has 176 valence electrons. The molecule has 1 aromatic heterocycles. The topological polar surface area (TPSA) is 81.1 Å². The average Bonchev–Trinajstić information content (AvgIpc) is 2.65. The third-order valence-electron chi connectivity index (χ3n) is 5.52. The lowest BCUT2D eigenvalue weighted by Gasteiger charge is -2.40. The van der Waals surface area contributed by atoms with E-state index < -0.39 is 17.7 Å². The number of hydrogen-bond acceptors (Lipinski definition) is 6. The van der Waals surface area contributed by atoms with Crippen molar-refractivity contribution in [3.05, 3.63) is 23.0 Å². The predicted octanol–water partition coefficient (Wildman–Crippen LogP) is 4.51. The van der Waals surface area contributed by atoms with E-state index in [1.165, 1.54) is 0 Å². The summed E-state index contributed by atoms with van der Waals surface area (Å²) in [5.41, 5.74) is 2.68. The Morgan fingerprint density at radius 1 is 1.23 bits per heavy atom. The number of carbonyl (C=O) groups is 1. The van der Waals surface area contributed by atoms with Crippen LogP contribution in [0.3, 0.4) is 0 Å². The number of nitrogens with zero attached hydrogens (tertiary/aromatic N) is 2. The van der Waals surface area contributed by atoms with E-state index in [1.807, 2.05) is 40.7 Å². The molecule has 31 heavy (non-hydrogen) atoms. The number of ether oxygens (including phenoxy) is 3. The highest BCUT2D eigenvalue weighted by molar-refractivity contribution is 5.78. The molecule has 2 rings (SSSR count). The first kappa shape index (κ1) is 25.6. The van der Waals surface area contributed by atoms with E-state index in [1.54, 1.807) is 0 Å². The smallest absolute Gasteiger partial charge is 0.337 e. The summed E-state index contributed by atoms with van der Waals surface area (Å²) >= 11 is 0. The Hall–Kier alpha value is -1.70. The third-order valence-corrected chi connectivity index (χ3v) is 5.52. The maximum Gasteiger partial charge on any atom is 0.337 e. The molecule has 0 aliphatic carbocycles. The molecule has 1 aliphatic heterocycles. The highest BCUT2D eigenvalue weighted by Crippen LogP contribution is 2.38. The molecule has 1 fully saturated rings. The second kappa shape index (κ2) is 10.7. The first-order valence-corrected chi connectivity index (χ1v) is 11.2. The zero-order chi connectivity index (χ0) is 23.2. The lowest BCUT2D eigenvalue weighted by atomic mass is 9.82. The maximum atomic E-state index is 12.2. The Labute approximate surface area is 187 Å². The number of aliphatic carboxylic acids is 1. The molecule has 1 N–H and O–H groups in total. The Kier molecular flexibility index (Phi) is 8.86. The number of pyridine rings is 1. The van der Waals surface area contributed by atoms with Crippen molar-refractivity contribution >= 4 is 11.7 Å². The molecule has 0 saturated carbocycles. The van der Waals surface area contributed by atoms with Gasteiger partial charge in [0.05, 0.1) is 31.1 Å². The molecule has 7 heteroatoms. The van der Waals surface area contributed by atoms with Crippen molar-refractivity contribution < 1.29 is 24.1 Å². The van der Waals surface area contributed by atoms with Crippen molar-refractivity contribution in [2.45, 2.75) is 79.6 Å². The van der Waals surface area contributed by atoms with Crippen LogP contribution in [0.5, 0.6) is 0 Å². The van der Waals surface area contributed by atoms with Gasteiger partial charge in [-0.15, -0.1) is 0 Å². The van der Waals surface area contributed by atoms with Crippen LogP contribution in [-0.2, 0) is 25.6 Å². The molecular formula is C24H40N2O5. The number of aryl methyl sites for hydroxylation is 1. The van der Waals surface area contributed by atoms with Crippen LogP contribution >= 0.6 is 0 Å². The Morgan fingerprint density at radius 2 is 1.84 bits per heavy atom. The van der Waals surface area contributed by atoms with Gasteiger partial charge in [0.2, 0.25) is 0 Å². The van der Waals surface area contributed by atoms with E-state index in [4.69, 9.17) is 14.2 Å². The van der Waals surface area contributed by atoms with Crippen LogP contribution in [0.25, 0.3) is 0 Å². The van der Waals surface area contributed by atoms with Crippen molar-refractivity contribution in [3.8, 4) is 0 Å². The molecule has 1 saturated heterocycles. The van der Waals surface area contributed by atoms with Gasteiger partial charge in [-0.1, -0.05) is 13.8 Å². The fraction of sp³-hybridized carbons (Fsp3) is 0.750. The maximum absolute atomic E-state index is 12.2. The van der Waals surface area contributed by atoms with Crippen molar-refractivity contribution in [2.24, 2.45) is 5.41 Å². The molecule has 0 spiro atoms. The summed E-state index contributed by atoms with van der Waals surface area (Å²) in [4.78, 5) is 19.2. The normalized spacial score (nSPS) is 17.6. The second-order valence-corrected chi connectivity index (χ2v) is 9.98. The van der Waals surface area contributed by atoms with E-state index in [0.29, 0.717) is 37.7 Å². The Bertz CT molecular complexity index is 732. The molecule has 1 atom stereocenters. The minimum Gasteiger partial charge on any atom is -0.479 e. The molecule has 0 radical (unpaired) electrons. The Morgan fingerprint density at radius 3 is 2.39 bits per heavy atom. The van der Waals surface area contributed by atoms with Gasteiger partial charge in [0, 0.05) is 36.6 Å². The van der Waals surface area contributed by atoms with Crippen molar-refractivity contribution in [3.63, 3.8) is 0 Å². The second-order valence-electron chi connectivity index (χ2n) is 9.98. The van der Waals surface area contributed by atoms with Gasteiger partial charge in [0.15, 0.2) is 6.10 Å². The van der Waals surface area contributed by atoms with E-state index >= 15 is 0 Å². The highest BCUT2D eigenvalue weighted by atomic mass is 16.5. The summed E-state index contributed by atoms with van der Waals surface area (Å²) in [6, 6.07) is 1.98. The first-order valence-electron chi connectivity index (χ1n) is 11.2. The summed E-state index contributed by atoms with van der Waals surface area (Å²) in [5, 5.41) is 10.0. The van der Waals surface area contributed by atoms with Crippen LogP contribution in [0.15, 0.2) is 6.07 Å². The van der Waals surface area contributed by atoms with Crippen LogP contribution < -0.4 is 4.90 Å². The van der Waals surface area contributed by atoms with Crippen molar-refractivity contribution in [1.29, 1.82) is 0 Å². The van der Waals surface area contributed by atoms with Gasteiger partial charge >= 0.3 is 5.97 Å². The minimum atomic E-state index is -1.08. The van der Waals surface area contributed by atoms with Crippen molar-refractivity contribution in [1.82, 2.24) is 4.98 Å². The van der Waals surface area contributed by atoms with E-state index in [0.717, 1.165) is 37.3 Å². The SMILES string of the molecule is CCOCCOCc1cc(N2CCC(C)(C)CC2)c(C(OC(C)(C)C)C(=O)O)c(C)n1. The molecule has 2 heterocycles.